The van der Waals surface area contributed by atoms with Crippen LogP contribution in [0.4, 0.5) is 0 Å². The Balaban J connectivity index is 5.02. The van der Waals surface area contributed by atoms with Crippen molar-refractivity contribution < 1.29 is 38.7 Å². The van der Waals surface area contributed by atoms with E-state index in [1.807, 2.05) is 6.92 Å². The number of amides is 5. The van der Waals surface area contributed by atoms with Crippen LogP contribution < -0.4 is 43.8 Å². The van der Waals surface area contributed by atoms with E-state index in [0.29, 0.717) is 38.5 Å². The molecule has 274 valence electrons. The molecular formula is C31H57N9O8. The zero-order chi connectivity index (χ0) is 36.6. The van der Waals surface area contributed by atoms with Crippen molar-refractivity contribution in [3.8, 4) is 0 Å². The van der Waals surface area contributed by atoms with Gasteiger partial charge in [0.1, 0.15) is 36.2 Å². The Hall–Kier alpha value is -4.12. The van der Waals surface area contributed by atoms with E-state index in [2.05, 4.69) is 31.6 Å². The number of ketones is 1. The highest BCUT2D eigenvalue weighted by atomic mass is 16.3. The van der Waals surface area contributed by atoms with E-state index >= 15 is 0 Å². The summed E-state index contributed by atoms with van der Waals surface area (Å²) in [5.41, 5.74) is 16.4. The van der Waals surface area contributed by atoms with Crippen molar-refractivity contribution in [1.82, 2.24) is 26.6 Å². The highest BCUT2D eigenvalue weighted by molar-refractivity contribution is 5.94. The molecule has 48 heavy (non-hydrogen) atoms. The first-order valence-corrected chi connectivity index (χ1v) is 16.6. The molecule has 0 aliphatic carbocycles. The van der Waals surface area contributed by atoms with Crippen molar-refractivity contribution in [1.29, 1.82) is 0 Å². The van der Waals surface area contributed by atoms with Gasteiger partial charge in [0.15, 0.2) is 5.96 Å². The van der Waals surface area contributed by atoms with Crippen LogP contribution >= 0.6 is 0 Å². The average Bonchev–Trinajstić information content (AvgIpc) is 3.03. The standard InChI is InChI=1S/C31H57N9O8/c1-5-6-7-11-22(43)14-15-26(44)35-16-9-8-13-24(30(48)40-25(18-41)21(4)42)39-28(46)20(3)37-27(45)19(2)38-29(47)23(32)12-10-17-36-31(33)34/h18-21,23-25,42H,5-17,32H2,1-4H3,(H,35,44)(H,37,45)(H,38,47)(H,39,46)(H,40,48)(H4,33,34,36)/t19-,20-,21+,23-,24-,25+/m0/s1. The minimum absolute atomic E-state index is 0.0511. The summed E-state index contributed by atoms with van der Waals surface area (Å²) in [6.07, 6.45) is 4.38. The third-order valence-corrected chi connectivity index (χ3v) is 7.35. The minimum Gasteiger partial charge on any atom is -0.391 e. The van der Waals surface area contributed by atoms with Gasteiger partial charge in [-0.3, -0.25) is 33.8 Å². The number of carbonyl (C=O) groups excluding carboxylic acids is 7. The predicted molar refractivity (Wildman–Crippen MR) is 180 cm³/mol. The quantitative estimate of drug-likeness (QED) is 0.0211. The van der Waals surface area contributed by atoms with Crippen LogP contribution in [0.1, 0.15) is 98.3 Å². The Morgan fingerprint density at radius 3 is 1.96 bits per heavy atom. The first-order valence-electron chi connectivity index (χ1n) is 16.6. The number of aliphatic hydroxyl groups is 1. The molecule has 0 saturated carbocycles. The Bertz CT molecular complexity index is 1080. The lowest BCUT2D eigenvalue weighted by molar-refractivity contribution is -0.134. The van der Waals surface area contributed by atoms with E-state index in [0.717, 1.165) is 19.3 Å². The zero-order valence-corrected chi connectivity index (χ0v) is 28.7. The van der Waals surface area contributed by atoms with Gasteiger partial charge in [0.05, 0.1) is 12.1 Å². The number of aliphatic imine (C=N–C) groups is 1. The van der Waals surface area contributed by atoms with E-state index in [4.69, 9.17) is 17.2 Å². The predicted octanol–water partition coefficient (Wildman–Crippen LogP) is -1.86. The molecule has 5 amide bonds. The molecule has 0 fully saturated rings. The zero-order valence-electron chi connectivity index (χ0n) is 28.7. The highest BCUT2D eigenvalue weighted by Crippen LogP contribution is 2.06. The van der Waals surface area contributed by atoms with Crippen molar-refractivity contribution in [2.45, 2.75) is 135 Å². The number of hydrogen-bond donors (Lipinski definition) is 9. The molecule has 17 heteroatoms. The molecule has 0 rings (SSSR count). The molecule has 0 aromatic heterocycles. The molecule has 0 saturated heterocycles. The fourth-order valence-corrected chi connectivity index (χ4v) is 4.28. The third-order valence-electron chi connectivity index (χ3n) is 7.35. The van der Waals surface area contributed by atoms with Gasteiger partial charge >= 0.3 is 0 Å². The van der Waals surface area contributed by atoms with Gasteiger partial charge in [-0.25, -0.2) is 0 Å². The minimum atomic E-state index is -1.21. The number of aliphatic hydroxyl groups excluding tert-OH is 1. The number of hydrogen-bond acceptors (Lipinski definition) is 10. The lowest BCUT2D eigenvalue weighted by atomic mass is 10.1. The number of nitrogens with zero attached hydrogens (tertiary/aromatic N) is 1. The van der Waals surface area contributed by atoms with Crippen molar-refractivity contribution >= 4 is 47.6 Å². The van der Waals surface area contributed by atoms with Crippen molar-refractivity contribution in [2.24, 2.45) is 22.2 Å². The van der Waals surface area contributed by atoms with Gasteiger partial charge in [0.25, 0.3) is 0 Å². The summed E-state index contributed by atoms with van der Waals surface area (Å²) in [7, 11) is 0. The lowest BCUT2D eigenvalue weighted by Gasteiger charge is -2.24. The number of nitrogens with one attached hydrogen (secondary N) is 5. The first kappa shape index (κ1) is 43.9. The van der Waals surface area contributed by atoms with Gasteiger partial charge in [-0.1, -0.05) is 19.8 Å². The van der Waals surface area contributed by atoms with Crippen LogP contribution in [0.3, 0.4) is 0 Å². The van der Waals surface area contributed by atoms with Gasteiger partial charge in [-0.2, -0.15) is 0 Å². The number of unbranched alkanes of at least 4 members (excludes halogenated alkanes) is 3. The summed E-state index contributed by atoms with van der Waals surface area (Å²) in [4.78, 5) is 90.1. The van der Waals surface area contributed by atoms with Crippen LogP contribution in [0, 0.1) is 0 Å². The second kappa shape index (κ2) is 25.0. The maximum Gasteiger partial charge on any atom is 0.243 e. The number of rotatable bonds is 26. The maximum absolute atomic E-state index is 13.0. The normalized spacial score (nSPS) is 14.5. The summed E-state index contributed by atoms with van der Waals surface area (Å²) in [5.74, 6) is -2.97. The molecule has 0 spiro atoms. The summed E-state index contributed by atoms with van der Waals surface area (Å²) in [5, 5.41) is 22.4. The number of aldehydes is 1. The van der Waals surface area contributed by atoms with E-state index in [-0.39, 0.29) is 49.9 Å². The van der Waals surface area contributed by atoms with Crippen LogP contribution in [0.2, 0.25) is 0 Å². The Labute approximate surface area is 282 Å². The van der Waals surface area contributed by atoms with E-state index in [9.17, 15) is 38.7 Å². The van der Waals surface area contributed by atoms with E-state index in [1.54, 1.807) is 0 Å². The first-order chi connectivity index (χ1) is 22.6. The largest absolute Gasteiger partial charge is 0.391 e. The van der Waals surface area contributed by atoms with Crippen LogP contribution in [0.15, 0.2) is 4.99 Å². The van der Waals surface area contributed by atoms with Crippen LogP contribution in [0.25, 0.3) is 0 Å². The Kier molecular flexibility index (Phi) is 22.8. The van der Waals surface area contributed by atoms with E-state index in [1.165, 1.54) is 20.8 Å². The average molecular weight is 684 g/mol. The lowest BCUT2D eigenvalue weighted by Crippen LogP contribution is -2.57. The van der Waals surface area contributed by atoms with Gasteiger partial charge in [0, 0.05) is 32.4 Å². The van der Waals surface area contributed by atoms with Crippen LogP contribution in [0.5, 0.6) is 0 Å². The molecule has 0 aliphatic rings. The molecule has 0 aromatic carbocycles. The second-order valence-electron chi connectivity index (χ2n) is 11.8. The molecule has 6 atom stereocenters. The number of nitrogens with two attached hydrogens (primary N) is 3. The monoisotopic (exact) mass is 683 g/mol. The van der Waals surface area contributed by atoms with Gasteiger partial charge < -0.3 is 53.7 Å². The summed E-state index contributed by atoms with van der Waals surface area (Å²) >= 11 is 0. The number of Topliss-reactive ketones (excluding diaryl/α,β-unsaturated/α-hetero) is 1. The van der Waals surface area contributed by atoms with Gasteiger partial charge in [-0.05, 0) is 59.3 Å². The fourth-order valence-electron chi connectivity index (χ4n) is 4.28. The third kappa shape index (κ3) is 20.2. The maximum atomic E-state index is 13.0. The molecule has 0 aliphatic heterocycles. The fraction of sp³-hybridized carbons (Fsp3) is 0.742. The topological polar surface area (TPSA) is 290 Å². The van der Waals surface area contributed by atoms with Gasteiger partial charge in [0.2, 0.25) is 29.5 Å². The summed E-state index contributed by atoms with van der Waals surface area (Å²) in [6.45, 7) is 6.75. The van der Waals surface area contributed by atoms with Gasteiger partial charge in [-0.15, -0.1) is 0 Å². The smallest absolute Gasteiger partial charge is 0.243 e. The molecule has 0 bridgehead atoms. The van der Waals surface area contributed by atoms with Crippen molar-refractivity contribution in [3.63, 3.8) is 0 Å². The SMILES string of the molecule is CCCCCC(=O)CCC(=O)NCCCC[C@H](NC(=O)[C@H](C)NC(=O)[C@H](C)NC(=O)[C@@H](N)CCCN=C(N)N)C(=O)N[C@H](C=O)[C@@H](C)O. The van der Waals surface area contributed by atoms with Crippen LogP contribution in [-0.2, 0) is 33.6 Å². The number of guanidine groups is 1. The van der Waals surface area contributed by atoms with E-state index < -0.39 is 59.9 Å². The number of carbonyl (C=O) groups is 7. The summed E-state index contributed by atoms with van der Waals surface area (Å²) in [6, 6.07) is -5.42. The molecule has 12 N–H and O–H groups in total. The molecule has 0 heterocycles. The molecule has 17 nitrogen and oxygen atoms in total. The van der Waals surface area contributed by atoms with Crippen LogP contribution in [-0.4, -0.2) is 102 Å². The molecule has 0 aromatic rings. The molecular weight excluding hydrogens is 626 g/mol. The second-order valence-corrected chi connectivity index (χ2v) is 11.8. The van der Waals surface area contributed by atoms with Crippen molar-refractivity contribution in [3.05, 3.63) is 0 Å². The Morgan fingerprint density at radius 2 is 1.38 bits per heavy atom. The summed E-state index contributed by atoms with van der Waals surface area (Å²) < 4.78 is 0. The molecule has 0 radical (unpaired) electrons. The molecule has 0 unspecified atom stereocenters. The Morgan fingerprint density at radius 1 is 0.750 bits per heavy atom. The van der Waals surface area contributed by atoms with Crippen molar-refractivity contribution in [2.75, 3.05) is 13.1 Å². The highest BCUT2D eigenvalue weighted by Gasteiger charge is 2.28.